The molecule has 0 bridgehead atoms. The number of hydrogen-bond donors (Lipinski definition) is 2. The van der Waals surface area contributed by atoms with Crippen LogP contribution in [0, 0.1) is 0 Å². The van der Waals surface area contributed by atoms with Crippen LogP contribution >= 0.6 is 11.8 Å². The van der Waals surface area contributed by atoms with Gasteiger partial charge in [-0.05, 0) is 23.8 Å². The van der Waals surface area contributed by atoms with E-state index in [0.29, 0.717) is 28.5 Å². The monoisotopic (exact) mass is 425 g/mol. The molecular weight excluding hydrogens is 406 g/mol. The van der Waals surface area contributed by atoms with Gasteiger partial charge >= 0.3 is 0 Å². The van der Waals surface area contributed by atoms with E-state index in [0.717, 1.165) is 5.56 Å². The third-order valence-electron chi connectivity index (χ3n) is 5.30. The second-order valence-corrected chi connectivity index (χ2v) is 8.27. The lowest BCUT2D eigenvalue weighted by Gasteiger charge is -2.22. The fourth-order valence-electron chi connectivity index (χ4n) is 3.86. The third-order valence-corrected chi connectivity index (χ3v) is 6.61. The van der Waals surface area contributed by atoms with Crippen molar-refractivity contribution in [3.05, 3.63) is 53.6 Å². The molecule has 9 heteroatoms. The summed E-state index contributed by atoms with van der Waals surface area (Å²) >= 11 is 1.59. The average Bonchev–Trinajstić information content (AvgIpc) is 3.45. The lowest BCUT2D eigenvalue weighted by molar-refractivity contribution is -0.124. The molecule has 1 saturated heterocycles. The van der Waals surface area contributed by atoms with Crippen LogP contribution in [0.1, 0.15) is 27.7 Å². The molecule has 5 rings (SSSR count). The van der Waals surface area contributed by atoms with E-state index in [4.69, 9.17) is 9.47 Å². The number of ether oxygens (including phenoxy) is 2. The molecule has 0 spiro atoms. The Morgan fingerprint density at radius 1 is 1.13 bits per heavy atom. The first kappa shape index (κ1) is 18.8. The molecule has 3 aliphatic heterocycles. The number of anilines is 1. The van der Waals surface area contributed by atoms with Gasteiger partial charge in [-0.15, -0.1) is 11.8 Å². The average molecular weight is 425 g/mol. The van der Waals surface area contributed by atoms with Gasteiger partial charge in [0.25, 0.3) is 5.91 Å². The predicted octanol–water partition coefficient (Wildman–Crippen LogP) is 2.13. The molecule has 0 aliphatic carbocycles. The summed E-state index contributed by atoms with van der Waals surface area (Å²) in [6, 6.07) is 12.1. The molecule has 30 heavy (non-hydrogen) atoms. The van der Waals surface area contributed by atoms with Gasteiger partial charge in [0.1, 0.15) is 11.4 Å². The first-order chi connectivity index (χ1) is 14.6. The van der Waals surface area contributed by atoms with Gasteiger partial charge < -0.3 is 25.0 Å². The number of nitrogens with one attached hydrogen (secondary N) is 2. The van der Waals surface area contributed by atoms with Gasteiger partial charge in [0, 0.05) is 36.0 Å². The summed E-state index contributed by atoms with van der Waals surface area (Å²) < 4.78 is 10.5. The van der Waals surface area contributed by atoms with Crippen LogP contribution in [0.4, 0.5) is 5.69 Å². The number of amides is 3. The minimum Gasteiger partial charge on any atom is -0.454 e. The standard InChI is InChI=1S/C21H19N3O5S/c25-18(23-12-5-6-16-17(9-12)29-11-28-16)7-8-22-19(26)15-10-30-21-14-4-2-1-3-13(14)20(27)24(15)21/h1-6,9,15,21H,7-8,10-11H2,(H,22,26)(H,23,25)/t15-,21+/m0/s1. The highest BCUT2D eigenvalue weighted by molar-refractivity contribution is 7.99. The zero-order chi connectivity index (χ0) is 20.7. The lowest BCUT2D eigenvalue weighted by atomic mass is 10.1. The van der Waals surface area contributed by atoms with Gasteiger partial charge in [0.2, 0.25) is 18.6 Å². The van der Waals surface area contributed by atoms with Gasteiger partial charge in [-0.3, -0.25) is 14.4 Å². The van der Waals surface area contributed by atoms with E-state index in [1.807, 2.05) is 18.2 Å². The molecule has 3 aliphatic rings. The molecular formula is C21H19N3O5S. The van der Waals surface area contributed by atoms with Crippen molar-refractivity contribution in [2.75, 3.05) is 24.4 Å². The summed E-state index contributed by atoms with van der Waals surface area (Å²) in [5.41, 5.74) is 2.23. The van der Waals surface area contributed by atoms with Gasteiger partial charge in [-0.1, -0.05) is 18.2 Å². The van der Waals surface area contributed by atoms with E-state index < -0.39 is 6.04 Å². The fourth-order valence-corrected chi connectivity index (χ4v) is 5.32. The molecule has 0 unspecified atom stereocenters. The Hall–Kier alpha value is -3.20. The second kappa shape index (κ2) is 7.56. The van der Waals surface area contributed by atoms with E-state index in [1.54, 1.807) is 40.9 Å². The topological polar surface area (TPSA) is 97.0 Å². The molecule has 154 valence electrons. The van der Waals surface area contributed by atoms with E-state index in [2.05, 4.69) is 10.6 Å². The Labute approximate surface area is 176 Å². The van der Waals surface area contributed by atoms with E-state index in [-0.39, 0.29) is 42.9 Å². The SMILES string of the molecule is O=C(CCNC(=O)[C@@H]1CS[C@@H]2c3ccccc3C(=O)N21)Nc1ccc2c(c1)OCO2. The first-order valence-electron chi connectivity index (χ1n) is 9.62. The Morgan fingerprint density at radius 2 is 1.97 bits per heavy atom. The summed E-state index contributed by atoms with van der Waals surface area (Å²) in [6.07, 6.45) is 0.123. The van der Waals surface area contributed by atoms with Crippen molar-refractivity contribution >= 4 is 35.2 Å². The van der Waals surface area contributed by atoms with Crippen LogP contribution < -0.4 is 20.1 Å². The smallest absolute Gasteiger partial charge is 0.256 e. The van der Waals surface area contributed by atoms with Crippen LogP contribution in [-0.2, 0) is 9.59 Å². The molecule has 0 saturated carbocycles. The van der Waals surface area contributed by atoms with Crippen molar-refractivity contribution < 1.29 is 23.9 Å². The molecule has 0 aromatic heterocycles. The fraction of sp³-hybridized carbons (Fsp3) is 0.286. The highest BCUT2D eigenvalue weighted by atomic mass is 32.2. The molecule has 3 heterocycles. The van der Waals surface area contributed by atoms with Crippen LogP contribution in [0.25, 0.3) is 0 Å². The number of benzene rings is 2. The zero-order valence-electron chi connectivity index (χ0n) is 15.9. The van der Waals surface area contributed by atoms with E-state index in [9.17, 15) is 14.4 Å². The third kappa shape index (κ3) is 3.24. The number of carbonyl (C=O) groups excluding carboxylic acids is 3. The van der Waals surface area contributed by atoms with Crippen LogP contribution in [-0.4, -0.2) is 47.8 Å². The lowest BCUT2D eigenvalue weighted by Crippen LogP contribution is -2.46. The van der Waals surface area contributed by atoms with Crippen LogP contribution in [0.15, 0.2) is 42.5 Å². The normalized spacial score (nSPS) is 20.7. The Balaban J connectivity index is 1.14. The first-order valence-corrected chi connectivity index (χ1v) is 10.7. The van der Waals surface area contributed by atoms with E-state index in [1.165, 1.54) is 0 Å². The summed E-state index contributed by atoms with van der Waals surface area (Å²) in [7, 11) is 0. The minimum atomic E-state index is -0.531. The number of carbonyl (C=O) groups is 3. The zero-order valence-corrected chi connectivity index (χ0v) is 16.7. The largest absolute Gasteiger partial charge is 0.454 e. The molecule has 2 aromatic rings. The van der Waals surface area contributed by atoms with Gasteiger partial charge in [0.05, 0.1) is 0 Å². The maximum absolute atomic E-state index is 12.7. The van der Waals surface area contributed by atoms with Gasteiger partial charge in [0.15, 0.2) is 11.5 Å². The molecule has 2 aromatic carbocycles. The quantitative estimate of drug-likeness (QED) is 0.762. The second-order valence-electron chi connectivity index (χ2n) is 7.16. The summed E-state index contributed by atoms with van der Waals surface area (Å²) in [5, 5.41) is 5.46. The van der Waals surface area contributed by atoms with Crippen molar-refractivity contribution in [1.29, 1.82) is 0 Å². The molecule has 1 fully saturated rings. The molecule has 3 amide bonds. The van der Waals surface area contributed by atoms with Crippen molar-refractivity contribution in [3.8, 4) is 11.5 Å². The van der Waals surface area contributed by atoms with Gasteiger partial charge in [-0.25, -0.2) is 0 Å². The summed E-state index contributed by atoms with van der Waals surface area (Å²) in [5.74, 6) is 1.21. The maximum atomic E-state index is 12.7. The minimum absolute atomic E-state index is 0.110. The van der Waals surface area contributed by atoms with Crippen LogP contribution in [0.2, 0.25) is 0 Å². The Morgan fingerprint density at radius 3 is 2.87 bits per heavy atom. The highest BCUT2D eigenvalue weighted by Crippen LogP contribution is 2.48. The van der Waals surface area contributed by atoms with Crippen molar-refractivity contribution in [1.82, 2.24) is 10.2 Å². The summed E-state index contributed by atoms with van der Waals surface area (Å²) in [6.45, 7) is 0.361. The van der Waals surface area contributed by atoms with Crippen molar-refractivity contribution in [3.63, 3.8) is 0 Å². The van der Waals surface area contributed by atoms with E-state index >= 15 is 0 Å². The van der Waals surface area contributed by atoms with Crippen molar-refractivity contribution in [2.24, 2.45) is 0 Å². The highest BCUT2D eigenvalue weighted by Gasteiger charge is 2.48. The van der Waals surface area contributed by atoms with Crippen molar-refractivity contribution in [2.45, 2.75) is 17.8 Å². The number of nitrogens with zero attached hydrogens (tertiary/aromatic N) is 1. The Kier molecular flexibility index (Phi) is 4.74. The number of fused-ring (bicyclic) bond motifs is 4. The molecule has 0 radical (unpaired) electrons. The summed E-state index contributed by atoms with van der Waals surface area (Å²) in [4.78, 5) is 39.2. The van der Waals surface area contributed by atoms with Crippen LogP contribution in [0.3, 0.4) is 0 Å². The predicted molar refractivity (Wildman–Crippen MR) is 110 cm³/mol. The molecule has 2 N–H and O–H groups in total. The maximum Gasteiger partial charge on any atom is 0.256 e. The van der Waals surface area contributed by atoms with Crippen LogP contribution in [0.5, 0.6) is 11.5 Å². The Bertz CT molecular complexity index is 1040. The molecule has 2 atom stereocenters. The van der Waals surface area contributed by atoms with Gasteiger partial charge in [-0.2, -0.15) is 0 Å². The number of rotatable bonds is 5. The number of hydrogen-bond acceptors (Lipinski definition) is 6. The molecule has 8 nitrogen and oxygen atoms in total. The number of thioether (sulfide) groups is 1.